The number of hydrogen-bond donors (Lipinski definition) is 10. The Kier molecular flexibility index (Phi) is 18.2. The Bertz CT molecular complexity index is 1820. The zero-order valence-electron chi connectivity index (χ0n) is 36.1. The smallest absolute Gasteiger partial charge is 0.322 e. The van der Waals surface area contributed by atoms with Crippen LogP contribution in [-0.2, 0) is 47.9 Å². The normalized spacial score (nSPS) is 23.0. The predicted octanol–water partition coefficient (Wildman–Crippen LogP) is -5.14. The Morgan fingerprint density at radius 3 is 1.66 bits per heavy atom. The number of aliphatic carboxylic acids is 2. The van der Waals surface area contributed by atoms with Crippen molar-refractivity contribution in [1.29, 1.82) is 0 Å². The molecule has 13 N–H and O–H groups in total. The number of likely N-dealkylation sites (tertiary alicyclic amines) is 4. The molecular formula is C39H62N12O13. The average Bonchev–Trinajstić information content (AvgIpc) is 4.08. The van der Waals surface area contributed by atoms with Crippen molar-refractivity contribution in [2.24, 2.45) is 22.2 Å². The number of carbonyl (C=O) groups excluding carboxylic acids is 8. The van der Waals surface area contributed by atoms with Crippen molar-refractivity contribution in [2.75, 3.05) is 39.3 Å². The minimum atomic E-state index is -1.79. The highest BCUT2D eigenvalue weighted by molar-refractivity contribution is 5.99. The van der Waals surface area contributed by atoms with Gasteiger partial charge in [-0.2, -0.15) is 0 Å². The number of aliphatic hydroxyl groups excluding tert-OH is 1. The van der Waals surface area contributed by atoms with Gasteiger partial charge in [-0.15, -0.1) is 0 Å². The van der Waals surface area contributed by atoms with E-state index in [1.54, 1.807) is 0 Å². The van der Waals surface area contributed by atoms with Gasteiger partial charge in [-0.3, -0.25) is 52.9 Å². The number of aliphatic imine (C=N–C) groups is 1. The minimum absolute atomic E-state index is 0.0368. The van der Waals surface area contributed by atoms with Crippen LogP contribution in [0.4, 0.5) is 0 Å². The van der Waals surface area contributed by atoms with Crippen LogP contribution in [-0.4, -0.2) is 194 Å². The molecule has 356 valence electrons. The van der Waals surface area contributed by atoms with E-state index in [0.717, 1.165) is 6.92 Å². The minimum Gasteiger partial charge on any atom is -0.481 e. The molecule has 4 aliphatic rings. The monoisotopic (exact) mass is 906 g/mol. The molecule has 25 heteroatoms. The second kappa shape index (κ2) is 23.0. The lowest BCUT2D eigenvalue weighted by Gasteiger charge is -2.35. The topological polar surface area (TPSA) is 383 Å². The first-order chi connectivity index (χ1) is 30.2. The number of aliphatic hydroxyl groups is 1. The fraction of sp³-hybridized carbons (Fsp3) is 0.718. The summed E-state index contributed by atoms with van der Waals surface area (Å²) in [5.74, 6) is -8.80. The summed E-state index contributed by atoms with van der Waals surface area (Å²) in [4.78, 5) is 141. The second-order valence-corrected chi connectivity index (χ2v) is 16.6. The Morgan fingerprint density at radius 1 is 0.641 bits per heavy atom. The third kappa shape index (κ3) is 13.0. The zero-order valence-corrected chi connectivity index (χ0v) is 36.1. The predicted molar refractivity (Wildman–Crippen MR) is 223 cm³/mol. The number of hydrogen-bond acceptors (Lipinski definition) is 13. The van der Waals surface area contributed by atoms with Crippen molar-refractivity contribution in [2.45, 2.75) is 139 Å². The van der Waals surface area contributed by atoms with Crippen molar-refractivity contribution in [3.05, 3.63) is 0 Å². The molecule has 9 atom stereocenters. The molecule has 0 bridgehead atoms. The number of nitrogens with one attached hydrogen (secondary N) is 4. The average molecular weight is 907 g/mol. The Hall–Kier alpha value is -6.11. The lowest BCUT2D eigenvalue weighted by atomic mass is 10.1. The lowest BCUT2D eigenvalue weighted by molar-refractivity contribution is -0.151. The summed E-state index contributed by atoms with van der Waals surface area (Å²) in [5, 5.41) is 38.8. The van der Waals surface area contributed by atoms with E-state index in [9.17, 15) is 58.2 Å². The fourth-order valence-corrected chi connectivity index (χ4v) is 8.64. The largest absolute Gasteiger partial charge is 0.481 e. The van der Waals surface area contributed by atoms with Crippen LogP contribution < -0.4 is 38.5 Å². The fourth-order valence-electron chi connectivity index (χ4n) is 8.64. The lowest BCUT2D eigenvalue weighted by Crippen LogP contribution is -2.61. The molecule has 4 saturated heterocycles. The molecule has 0 unspecified atom stereocenters. The molecule has 25 nitrogen and oxygen atoms in total. The molecule has 0 aromatic rings. The molecule has 4 aliphatic heterocycles. The van der Waals surface area contributed by atoms with Crippen molar-refractivity contribution in [3.8, 4) is 0 Å². The number of guanidine groups is 1. The van der Waals surface area contributed by atoms with Gasteiger partial charge in [0.25, 0.3) is 0 Å². The maximum atomic E-state index is 14.4. The number of nitrogens with two attached hydrogens (primary N) is 3. The first kappa shape index (κ1) is 50.5. The van der Waals surface area contributed by atoms with Gasteiger partial charge in [-0.05, 0) is 78.1 Å². The molecule has 0 spiro atoms. The number of carboxylic acids is 2. The van der Waals surface area contributed by atoms with Gasteiger partial charge in [0, 0.05) is 32.7 Å². The van der Waals surface area contributed by atoms with Crippen LogP contribution in [0.1, 0.15) is 84.5 Å². The van der Waals surface area contributed by atoms with Gasteiger partial charge in [0.1, 0.15) is 48.8 Å². The highest BCUT2D eigenvalue weighted by Gasteiger charge is 2.47. The van der Waals surface area contributed by atoms with Gasteiger partial charge in [0.15, 0.2) is 5.96 Å². The molecule has 64 heavy (non-hydrogen) atoms. The van der Waals surface area contributed by atoms with Crippen molar-refractivity contribution in [3.63, 3.8) is 0 Å². The molecule has 4 heterocycles. The van der Waals surface area contributed by atoms with E-state index in [1.165, 1.54) is 26.5 Å². The number of amides is 8. The molecule has 0 aliphatic carbocycles. The van der Waals surface area contributed by atoms with Crippen LogP contribution >= 0.6 is 0 Å². The van der Waals surface area contributed by atoms with Gasteiger partial charge in [-0.25, -0.2) is 0 Å². The van der Waals surface area contributed by atoms with Gasteiger partial charge in [0.05, 0.1) is 18.6 Å². The number of nitrogens with zero attached hydrogens (tertiary/aromatic N) is 5. The van der Waals surface area contributed by atoms with E-state index < -0.39 is 127 Å². The van der Waals surface area contributed by atoms with Crippen molar-refractivity contribution < 1.29 is 63.3 Å². The molecular weight excluding hydrogens is 844 g/mol. The molecule has 4 fully saturated rings. The molecule has 0 saturated carbocycles. The summed E-state index contributed by atoms with van der Waals surface area (Å²) >= 11 is 0. The quantitative estimate of drug-likeness (QED) is 0.0310. The maximum Gasteiger partial charge on any atom is 0.322 e. The molecule has 8 amide bonds. The first-order valence-corrected chi connectivity index (χ1v) is 21.6. The standard InChI is InChI=1S/C39H62N12O13/c1-20(40)35(61)48-14-5-10-25(48)33(59)46-23(18-28(53)54)31(57)47-30(21(2)52)34(60)45-22(8-3-13-43-39(41)42)36(62)50-16-6-11-26(50)38(64)51-17-7-12-27(51)37(63)49-15-4-9-24(49)32(58)44-19-29(55)56/h20-27,30,52H,3-19,40H2,1-2H3,(H,44,58)(H,45,60)(H,46,59)(H,47,57)(H,53,54)(H,55,56)(H4,41,42,43)/t20-,21+,22-,23-,24-,25-,26-,27-,30-/m0/s1. The van der Waals surface area contributed by atoms with E-state index in [-0.39, 0.29) is 64.4 Å². The Labute approximate surface area is 369 Å². The SMILES string of the molecule is C[C@H](N)C(=O)N1CCC[C@H]1C(=O)N[C@@H](CC(=O)O)C(=O)N[C@H](C(=O)N[C@@H](CCCN=C(N)N)C(=O)N1CCC[C@H]1C(=O)N1CCC[C@H]1C(=O)N1CCC[C@H]1C(=O)NCC(=O)O)[C@@H](C)O. The highest BCUT2D eigenvalue weighted by atomic mass is 16.4. The van der Waals surface area contributed by atoms with Gasteiger partial charge < -0.3 is 73.4 Å². The molecule has 4 rings (SSSR count). The number of rotatable bonds is 20. The summed E-state index contributed by atoms with van der Waals surface area (Å²) in [6.07, 6.45) is 0.362. The first-order valence-electron chi connectivity index (χ1n) is 21.6. The molecule has 0 aromatic carbocycles. The van der Waals surface area contributed by atoms with Crippen LogP contribution in [0.25, 0.3) is 0 Å². The molecule has 0 radical (unpaired) electrons. The van der Waals surface area contributed by atoms with Gasteiger partial charge >= 0.3 is 11.9 Å². The van der Waals surface area contributed by atoms with E-state index in [2.05, 4.69) is 26.3 Å². The van der Waals surface area contributed by atoms with Gasteiger partial charge in [-0.1, -0.05) is 0 Å². The summed E-state index contributed by atoms with van der Waals surface area (Å²) < 4.78 is 0. The zero-order chi connectivity index (χ0) is 47.4. The summed E-state index contributed by atoms with van der Waals surface area (Å²) in [6, 6.07) is -9.76. The third-order valence-electron chi connectivity index (χ3n) is 11.8. The van der Waals surface area contributed by atoms with Crippen LogP contribution in [0.2, 0.25) is 0 Å². The second-order valence-electron chi connectivity index (χ2n) is 16.6. The Balaban J connectivity index is 1.50. The van der Waals surface area contributed by atoms with Crippen LogP contribution in [0.15, 0.2) is 4.99 Å². The Morgan fingerprint density at radius 2 is 1.14 bits per heavy atom. The van der Waals surface area contributed by atoms with Crippen LogP contribution in [0, 0.1) is 0 Å². The number of carbonyl (C=O) groups is 10. The van der Waals surface area contributed by atoms with Crippen LogP contribution in [0.5, 0.6) is 0 Å². The number of carboxylic acid groups (broad SMARTS) is 2. The van der Waals surface area contributed by atoms with E-state index in [4.69, 9.17) is 22.3 Å². The van der Waals surface area contributed by atoms with E-state index in [1.807, 2.05) is 0 Å². The van der Waals surface area contributed by atoms with Crippen molar-refractivity contribution >= 4 is 65.2 Å². The third-order valence-corrected chi connectivity index (χ3v) is 11.8. The van der Waals surface area contributed by atoms with Crippen LogP contribution in [0.3, 0.4) is 0 Å². The van der Waals surface area contributed by atoms with Gasteiger partial charge in [0.2, 0.25) is 47.3 Å². The van der Waals surface area contributed by atoms with Crippen molar-refractivity contribution in [1.82, 2.24) is 40.9 Å². The highest BCUT2D eigenvalue weighted by Crippen LogP contribution is 2.29. The molecule has 0 aromatic heterocycles. The summed E-state index contributed by atoms with van der Waals surface area (Å²) in [6.45, 7) is 2.77. The van der Waals surface area contributed by atoms with E-state index in [0.29, 0.717) is 38.5 Å². The van der Waals surface area contributed by atoms with E-state index >= 15 is 0 Å². The maximum absolute atomic E-state index is 14.4. The summed E-state index contributed by atoms with van der Waals surface area (Å²) in [7, 11) is 0. The summed E-state index contributed by atoms with van der Waals surface area (Å²) in [5.41, 5.74) is 16.7.